The van der Waals surface area contributed by atoms with Gasteiger partial charge < -0.3 is 20.5 Å². The zero-order valence-corrected chi connectivity index (χ0v) is 26.0. The van der Waals surface area contributed by atoms with E-state index in [9.17, 15) is 14.7 Å². The van der Waals surface area contributed by atoms with Gasteiger partial charge in [-0.2, -0.15) is 0 Å². The number of fused-ring (bicyclic) bond motifs is 2. The summed E-state index contributed by atoms with van der Waals surface area (Å²) < 4.78 is 5.49. The summed E-state index contributed by atoms with van der Waals surface area (Å²) in [5.74, 6) is -1.24. The average molecular weight is 611 g/mol. The number of halogens is 2. The summed E-state index contributed by atoms with van der Waals surface area (Å²) in [6.07, 6.45) is 0.849. The van der Waals surface area contributed by atoms with Gasteiger partial charge in [0.2, 0.25) is 5.91 Å². The maximum atomic E-state index is 14.6. The van der Waals surface area contributed by atoms with Crippen LogP contribution in [0.3, 0.4) is 0 Å². The number of anilines is 2. The van der Waals surface area contributed by atoms with E-state index in [-0.39, 0.29) is 34.6 Å². The Kier molecular flexibility index (Phi) is 8.23. The summed E-state index contributed by atoms with van der Waals surface area (Å²) >= 11 is 13.0. The molecule has 3 aromatic rings. The first-order valence-electron chi connectivity index (χ1n) is 14.2. The summed E-state index contributed by atoms with van der Waals surface area (Å²) in [6, 6.07) is 17.7. The van der Waals surface area contributed by atoms with Crippen LogP contribution in [0.1, 0.15) is 61.5 Å². The Hall–Kier alpha value is -3.26. The van der Waals surface area contributed by atoms with Crippen molar-refractivity contribution in [2.45, 2.75) is 57.5 Å². The molecule has 7 nitrogen and oxygen atoms in total. The molecule has 0 aliphatic carbocycles. The predicted molar refractivity (Wildman–Crippen MR) is 168 cm³/mol. The highest BCUT2D eigenvalue weighted by molar-refractivity contribution is 6.31. The molecule has 1 spiro atoms. The van der Waals surface area contributed by atoms with E-state index in [0.717, 1.165) is 23.2 Å². The van der Waals surface area contributed by atoms with E-state index in [2.05, 4.69) is 55.4 Å². The Balaban J connectivity index is 1.70. The lowest BCUT2D eigenvalue weighted by atomic mass is 9.63. The molecule has 2 heterocycles. The summed E-state index contributed by atoms with van der Waals surface area (Å²) in [4.78, 5) is 28.4. The number of aromatic carboxylic acids is 1. The van der Waals surface area contributed by atoms with Crippen LogP contribution in [-0.4, -0.2) is 54.2 Å². The first-order chi connectivity index (χ1) is 19.9. The van der Waals surface area contributed by atoms with Crippen LogP contribution in [0.4, 0.5) is 11.4 Å². The molecule has 2 aliphatic rings. The number of rotatable bonds is 7. The number of benzene rings is 3. The highest BCUT2D eigenvalue weighted by Gasteiger charge is 2.64. The molecule has 4 atom stereocenters. The van der Waals surface area contributed by atoms with Crippen molar-refractivity contribution in [2.75, 3.05) is 30.8 Å². The molecule has 3 N–H and O–H groups in total. The van der Waals surface area contributed by atoms with Crippen LogP contribution in [0.2, 0.25) is 10.0 Å². The van der Waals surface area contributed by atoms with E-state index in [1.165, 1.54) is 19.2 Å². The quantitative estimate of drug-likeness (QED) is 0.260. The van der Waals surface area contributed by atoms with Crippen molar-refractivity contribution in [3.63, 3.8) is 0 Å². The van der Waals surface area contributed by atoms with E-state index in [4.69, 9.17) is 27.9 Å². The number of likely N-dealkylation sites (tertiary alicyclic amines) is 1. The SMILES string of the molecule is CCN1[C@@H](CC(C)(C)C)[C@@]2(CNc3cc(Cl)ccc32)[C@@H](c2cccc(Cl)c2)[C@@H]1C(=O)Nc1ccc(C(=O)O)cc1OC. The standard InChI is InChI=1S/C33H37Cl2N3O4/c1-6-38-27(17-32(2,3)4)33(18-36-25-16-22(35)11-12-23(25)33)28(19-8-7-9-21(34)14-19)29(38)30(39)37-24-13-10-20(31(40)41)15-26(24)42-5/h7-16,27-29,36H,6,17-18H2,1-5H3,(H,37,39)(H,40,41)/t27-,28-,29+,33-/m0/s1. The largest absolute Gasteiger partial charge is 0.495 e. The lowest BCUT2D eigenvalue weighted by molar-refractivity contribution is -0.121. The molecule has 1 fully saturated rings. The molecule has 9 heteroatoms. The molecular weight excluding hydrogens is 573 g/mol. The monoisotopic (exact) mass is 609 g/mol. The molecule has 0 radical (unpaired) electrons. The van der Waals surface area contributed by atoms with Gasteiger partial charge in [0.05, 0.1) is 24.4 Å². The minimum Gasteiger partial charge on any atom is -0.495 e. The lowest BCUT2D eigenvalue weighted by Gasteiger charge is -2.41. The second-order valence-electron chi connectivity index (χ2n) is 12.4. The molecule has 2 aliphatic heterocycles. The van der Waals surface area contributed by atoms with Crippen LogP contribution in [0, 0.1) is 5.41 Å². The van der Waals surface area contributed by atoms with Crippen LogP contribution < -0.4 is 15.4 Å². The molecule has 42 heavy (non-hydrogen) atoms. The molecule has 0 bridgehead atoms. The fourth-order valence-corrected chi connectivity index (χ4v) is 7.43. The smallest absolute Gasteiger partial charge is 0.335 e. The van der Waals surface area contributed by atoms with Crippen LogP contribution in [-0.2, 0) is 10.2 Å². The second kappa shape index (κ2) is 11.4. The Morgan fingerprint density at radius 1 is 1.10 bits per heavy atom. The number of hydrogen-bond acceptors (Lipinski definition) is 5. The fraction of sp³-hybridized carbons (Fsp3) is 0.394. The minimum absolute atomic E-state index is 0.00781. The summed E-state index contributed by atoms with van der Waals surface area (Å²) in [5, 5.41) is 17.5. The number of carbonyl (C=O) groups is 2. The first kappa shape index (κ1) is 30.2. The minimum atomic E-state index is -1.07. The van der Waals surface area contributed by atoms with Gasteiger partial charge in [-0.05, 0) is 72.0 Å². The Labute approximate surface area is 257 Å². The van der Waals surface area contributed by atoms with Gasteiger partial charge in [0, 0.05) is 39.7 Å². The molecular formula is C33H37Cl2N3O4. The van der Waals surface area contributed by atoms with Gasteiger partial charge >= 0.3 is 5.97 Å². The highest BCUT2D eigenvalue weighted by atomic mass is 35.5. The summed E-state index contributed by atoms with van der Waals surface area (Å²) in [7, 11) is 1.46. The summed E-state index contributed by atoms with van der Waals surface area (Å²) in [6.45, 7) is 10.1. The third-order valence-corrected chi connectivity index (χ3v) is 9.10. The van der Waals surface area contributed by atoms with E-state index >= 15 is 0 Å². The van der Waals surface area contributed by atoms with E-state index in [0.29, 0.717) is 28.8 Å². The molecule has 3 aromatic carbocycles. The number of ether oxygens (including phenoxy) is 1. The van der Waals surface area contributed by atoms with Gasteiger partial charge in [0.15, 0.2) is 0 Å². The van der Waals surface area contributed by atoms with Gasteiger partial charge in [-0.3, -0.25) is 9.69 Å². The molecule has 0 aromatic heterocycles. The number of methoxy groups -OCH3 is 1. The number of carboxylic acids is 1. The Morgan fingerprint density at radius 2 is 1.83 bits per heavy atom. The van der Waals surface area contributed by atoms with E-state index < -0.39 is 17.4 Å². The molecule has 1 amide bonds. The average Bonchev–Trinajstić information content (AvgIpc) is 3.43. The normalized spacial score (nSPS) is 23.5. The number of nitrogens with zero attached hydrogens (tertiary/aromatic N) is 1. The highest BCUT2D eigenvalue weighted by Crippen LogP contribution is 2.59. The Morgan fingerprint density at radius 3 is 2.48 bits per heavy atom. The predicted octanol–water partition coefficient (Wildman–Crippen LogP) is 7.29. The van der Waals surface area contributed by atoms with Gasteiger partial charge in [0.25, 0.3) is 0 Å². The van der Waals surface area contributed by atoms with Crippen molar-refractivity contribution >= 4 is 46.5 Å². The Bertz CT molecular complexity index is 1520. The maximum Gasteiger partial charge on any atom is 0.335 e. The van der Waals surface area contributed by atoms with E-state index in [1.54, 1.807) is 6.07 Å². The number of carboxylic acid groups (broad SMARTS) is 1. The van der Waals surface area contributed by atoms with Crippen LogP contribution in [0.25, 0.3) is 0 Å². The van der Waals surface area contributed by atoms with Gasteiger partial charge in [-0.1, -0.05) is 69.1 Å². The van der Waals surface area contributed by atoms with Gasteiger partial charge in [0.1, 0.15) is 5.75 Å². The number of amides is 1. The molecule has 0 unspecified atom stereocenters. The van der Waals surface area contributed by atoms with Crippen molar-refractivity contribution in [3.05, 3.63) is 87.4 Å². The third-order valence-electron chi connectivity index (χ3n) is 8.63. The maximum absolute atomic E-state index is 14.6. The second-order valence-corrected chi connectivity index (χ2v) is 13.3. The van der Waals surface area contributed by atoms with E-state index in [1.807, 2.05) is 30.3 Å². The van der Waals surface area contributed by atoms with Crippen molar-refractivity contribution in [1.29, 1.82) is 0 Å². The number of carbonyl (C=O) groups excluding carboxylic acids is 1. The molecule has 1 saturated heterocycles. The van der Waals surface area contributed by atoms with Crippen LogP contribution in [0.5, 0.6) is 5.75 Å². The van der Waals surface area contributed by atoms with Crippen LogP contribution in [0.15, 0.2) is 60.7 Å². The van der Waals surface area contributed by atoms with Crippen molar-refractivity contribution in [3.8, 4) is 5.75 Å². The fourth-order valence-electron chi connectivity index (χ4n) is 7.06. The summed E-state index contributed by atoms with van der Waals surface area (Å²) in [5.41, 5.74) is 3.11. The van der Waals surface area contributed by atoms with Gasteiger partial charge in [-0.25, -0.2) is 4.79 Å². The zero-order chi connectivity index (χ0) is 30.4. The zero-order valence-electron chi connectivity index (χ0n) is 24.5. The van der Waals surface area contributed by atoms with Crippen molar-refractivity contribution in [2.24, 2.45) is 5.41 Å². The molecule has 5 rings (SSSR count). The molecule has 0 saturated carbocycles. The molecule has 222 valence electrons. The van der Waals surface area contributed by atoms with Crippen molar-refractivity contribution < 1.29 is 19.4 Å². The number of hydrogen-bond donors (Lipinski definition) is 3. The third kappa shape index (κ3) is 5.34. The van der Waals surface area contributed by atoms with Gasteiger partial charge in [-0.15, -0.1) is 0 Å². The van der Waals surface area contributed by atoms with Crippen LogP contribution >= 0.6 is 23.2 Å². The topological polar surface area (TPSA) is 90.9 Å². The number of likely N-dealkylation sites (N-methyl/N-ethyl adjacent to an activating group) is 1. The number of nitrogens with one attached hydrogen (secondary N) is 2. The lowest BCUT2D eigenvalue weighted by Crippen LogP contribution is -2.48. The first-order valence-corrected chi connectivity index (χ1v) is 14.9. The van der Waals surface area contributed by atoms with Crippen molar-refractivity contribution in [1.82, 2.24) is 4.90 Å².